The van der Waals surface area contributed by atoms with Gasteiger partial charge in [-0.1, -0.05) is 11.8 Å². The fourth-order valence-corrected chi connectivity index (χ4v) is 6.95. The van der Waals surface area contributed by atoms with Crippen LogP contribution in [-0.4, -0.2) is 45.8 Å². The number of thiophene rings is 1. The average molecular weight is 484 g/mol. The number of piperidine rings is 1. The number of ether oxygens (including phenoxy) is 1. The zero-order chi connectivity index (χ0) is 22.8. The molecular weight excluding hydrogens is 454 g/mol. The van der Waals surface area contributed by atoms with E-state index in [0.717, 1.165) is 66.8 Å². The molecule has 174 valence electrons. The number of nitrogens with zero attached hydrogens (tertiary/aromatic N) is 3. The largest absolute Gasteiger partial charge is 0.494 e. The molecule has 1 aliphatic carbocycles. The molecule has 6 nitrogen and oxygen atoms in total. The molecule has 0 radical (unpaired) electrons. The maximum absolute atomic E-state index is 13.8. The molecule has 0 saturated carbocycles. The molecule has 0 bridgehead atoms. The molecule has 5 rings (SSSR count). The second-order valence-corrected chi connectivity index (χ2v) is 10.6. The Balaban J connectivity index is 1.55. The van der Waals surface area contributed by atoms with Gasteiger partial charge in [0.1, 0.15) is 10.6 Å². The van der Waals surface area contributed by atoms with Gasteiger partial charge in [-0.2, -0.15) is 0 Å². The van der Waals surface area contributed by atoms with E-state index in [2.05, 4.69) is 0 Å². The van der Waals surface area contributed by atoms with Crippen LogP contribution in [0.5, 0.6) is 5.75 Å². The van der Waals surface area contributed by atoms with Crippen molar-refractivity contribution in [2.75, 3.05) is 25.4 Å². The van der Waals surface area contributed by atoms with Crippen LogP contribution < -0.4 is 10.3 Å². The third-order valence-corrected chi connectivity index (χ3v) is 8.51. The van der Waals surface area contributed by atoms with Gasteiger partial charge in [-0.25, -0.2) is 4.98 Å². The van der Waals surface area contributed by atoms with Gasteiger partial charge in [-0.15, -0.1) is 11.3 Å². The Kier molecular flexibility index (Phi) is 6.74. The molecule has 3 heterocycles. The van der Waals surface area contributed by atoms with Crippen LogP contribution >= 0.6 is 23.1 Å². The van der Waals surface area contributed by atoms with Gasteiger partial charge in [0, 0.05) is 18.0 Å². The molecular formula is C25H29N3O3S2. The first kappa shape index (κ1) is 22.5. The molecule has 1 aromatic carbocycles. The second-order valence-electron chi connectivity index (χ2n) is 8.58. The number of benzene rings is 1. The van der Waals surface area contributed by atoms with Crippen molar-refractivity contribution in [1.82, 2.24) is 14.5 Å². The lowest BCUT2D eigenvalue weighted by atomic mass is 9.97. The molecule has 0 N–H and O–H groups in total. The number of rotatable bonds is 6. The molecule has 1 amide bonds. The van der Waals surface area contributed by atoms with Crippen molar-refractivity contribution in [2.45, 2.75) is 57.0 Å². The van der Waals surface area contributed by atoms with E-state index in [1.807, 2.05) is 36.1 Å². The number of carbonyl (C=O) groups is 1. The maximum Gasteiger partial charge on any atom is 0.267 e. The first-order chi connectivity index (χ1) is 16.2. The number of hydrogen-bond donors (Lipinski definition) is 0. The highest BCUT2D eigenvalue weighted by Gasteiger charge is 2.24. The van der Waals surface area contributed by atoms with Gasteiger partial charge in [0.05, 0.1) is 23.4 Å². The van der Waals surface area contributed by atoms with Gasteiger partial charge >= 0.3 is 0 Å². The lowest BCUT2D eigenvalue weighted by molar-refractivity contribution is -0.129. The van der Waals surface area contributed by atoms with Gasteiger partial charge < -0.3 is 9.64 Å². The summed E-state index contributed by atoms with van der Waals surface area (Å²) in [7, 11) is 0. The molecule has 1 aliphatic heterocycles. The Bertz CT molecular complexity index is 1210. The van der Waals surface area contributed by atoms with E-state index in [-0.39, 0.29) is 11.5 Å². The molecule has 1 fully saturated rings. The minimum absolute atomic E-state index is 0.0310. The van der Waals surface area contributed by atoms with Crippen LogP contribution in [0.25, 0.3) is 15.9 Å². The summed E-state index contributed by atoms with van der Waals surface area (Å²) in [5, 5.41) is 1.34. The zero-order valence-corrected chi connectivity index (χ0v) is 20.6. The summed E-state index contributed by atoms with van der Waals surface area (Å²) in [5.41, 5.74) is 1.90. The van der Waals surface area contributed by atoms with Gasteiger partial charge in [0.15, 0.2) is 5.16 Å². The number of thioether (sulfide) groups is 1. The predicted molar refractivity (Wildman–Crippen MR) is 134 cm³/mol. The van der Waals surface area contributed by atoms with Crippen molar-refractivity contribution in [3.63, 3.8) is 0 Å². The van der Waals surface area contributed by atoms with Crippen molar-refractivity contribution in [2.24, 2.45) is 0 Å². The number of aromatic nitrogens is 2. The van der Waals surface area contributed by atoms with Gasteiger partial charge in [-0.05, 0) is 81.7 Å². The smallest absolute Gasteiger partial charge is 0.267 e. The van der Waals surface area contributed by atoms with E-state index >= 15 is 0 Å². The van der Waals surface area contributed by atoms with E-state index in [0.29, 0.717) is 17.5 Å². The Hall–Kier alpha value is -2.32. The van der Waals surface area contributed by atoms with Crippen LogP contribution in [-0.2, 0) is 17.6 Å². The van der Waals surface area contributed by atoms with Crippen LogP contribution in [0.3, 0.4) is 0 Å². The van der Waals surface area contributed by atoms with Crippen molar-refractivity contribution < 1.29 is 9.53 Å². The molecule has 2 aliphatic rings. The zero-order valence-electron chi connectivity index (χ0n) is 19.0. The lowest BCUT2D eigenvalue weighted by Gasteiger charge is -2.26. The summed E-state index contributed by atoms with van der Waals surface area (Å²) in [6.45, 7) is 4.20. The summed E-state index contributed by atoms with van der Waals surface area (Å²) in [6.07, 6.45) is 7.57. The Morgan fingerprint density at radius 2 is 1.85 bits per heavy atom. The van der Waals surface area contributed by atoms with Crippen molar-refractivity contribution in [3.8, 4) is 11.4 Å². The molecule has 8 heteroatoms. The Morgan fingerprint density at radius 3 is 2.61 bits per heavy atom. The molecule has 0 unspecified atom stereocenters. The average Bonchev–Trinajstić information content (AvgIpc) is 3.23. The molecule has 3 aromatic rings. The van der Waals surface area contributed by atoms with E-state index in [4.69, 9.17) is 9.72 Å². The highest BCUT2D eigenvalue weighted by atomic mass is 32.2. The Labute approximate surface area is 202 Å². The number of hydrogen-bond acceptors (Lipinski definition) is 6. The van der Waals surface area contributed by atoms with Gasteiger partial charge in [0.2, 0.25) is 5.91 Å². The molecule has 0 spiro atoms. The summed E-state index contributed by atoms with van der Waals surface area (Å²) in [5.74, 6) is 1.18. The summed E-state index contributed by atoms with van der Waals surface area (Å²) < 4.78 is 7.27. The van der Waals surface area contributed by atoms with Crippen LogP contribution in [0.1, 0.15) is 49.5 Å². The Morgan fingerprint density at radius 1 is 1.09 bits per heavy atom. The summed E-state index contributed by atoms with van der Waals surface area (Å²) >= 11 is 3.02. The number of likely N-dealkylation sites (tertiary alicyclic amines) is 1. The van der Waals surface area contributed by atoms with E-state index in [1.54, 1.807) is 15.9 Å². The quantitative estimate of drug-likeness (QED) is 0.371. The summed E-state index contributed by atoms with van der Waals surface area (Å²) in [4.78, 5) is 35.6. The lowest BCUT2D eigenvalue weighted by Crippen LogP contribution is -2.36. The van der Waals surface area contributed by atoms with E-state index in [9.17, 15) is 9.59 Å². The molecule has 1 saturated heterocycles. The SMILES string of the molecule is CCOc1ccc(-n2c(SCC(=O)N3CCCCC3)nc3sc4c(c3c2=O)CCCC4)cc1. The normalized spacial score (nSPS) is 16.1. The third-order valence-electron chi connectivity index (χ3n) is 6.40. The number of fused-ring (bicyclic) bond motifs is 3. The van der Waals surface area contributed by atoms with E-state index in [1.165, 1.54) is 35.0 Å². The van der Waals surface area contributed by atoms with E-state index < -0.39 is 0 Å². The standard InChI is InChI=1S/C25H29N3O3S2/c1-2-31-18-12-10-17(11-13-18)28-24(30)22-19-8-4-5-9-20(19)33-23(22)26-25(28)32-16-21(29)27-14-6-3-7-15-27/h10-13H,2-9,14-16H2,1H3. The van der Waals surface area contributed by atoms with Crippen LogP contribution in [0.15, 0.2) is 34.2 Å². The van der Waals surface area contributed by atoms with Crippen molar-refractivity contribution in [1.29, 1.82) is 0 Å². The first-order valence-corrected chi connectivity index (χ1v) is 13.7. The molecule has 0 atom stereocenters. The monoisotopic (exact) mass is 483 g/mol. The first-order valence-electron chi connectivity index (χ1n) is 11.9. The molecule has 2 aromatic heterocycles. The minimum Gasteiger partial charge on any atom is -0.494 e. The van der Waals surface area contributed by atoms with Gasteiger partial charge in [-0.3, -0.25) is 14.2 Å². The molecule has 33 heavy (non-hydrogen) atoms. The summed E-state index contributed by atoms with van der Waals surface area (Å²) in [6, 6.07) is 7.56. The highest BCUT2D eigenvalue weighted by Crippen LogP contribution is 2.35. The number of aryl methyl sites for hydroxylation is 2. The maximum atomic E-state index is 13.8. The van der Waals surface area contributed by atoms with Gasteiger partial charge in [0.25, 0.3) is 5.56 Å². The number of carbonyl (C=O) groups excluding carboxylic acids is 1. The second kappa shape index (κ2) is 9.89. The fourth-order valence-electron chi connectivity index (χ4n) is 4.73. The van der Waals surface area contributed by atoms with Crippen molar-refractivity contribution >= 4 is 39.2 Å². The van der Waals surface area contributed by atoms with Crippen LogP contribution in [0.4, 0.5) is 0 Å². The fraction of sp³-hybridized carbons (Fsp3) is 0.480. The third kappa shape index (κ3) is 4.55. The topological polar surface area (TPSA) is 64.4 Å². The van der Waals surface area contributed by atoms with Crippen molar-refractivity contribution in [3.05, 3.63) is 45.1 Å². The predicted octanol–water partition coefficient (Wildman–Crippen LogP) is 4.83. The van der Waals surface area contributed by atoms with Crippen LogP contribution in [0.2, 0.25) is 0 Å². The minimum atomic E-state index is -0.0310. The van der Waals surface area contributed by atoms with Crippen LogP contribution in [0, 0.1) is 0 Å². The highest BCUT2D eigenvalue weighted by molar-refractivity contribution is 7.99. The number of amides is 1.